The zero-order chi connectivity index (χ0) is 16.9. The van der Waals surface area contributed by atoms with Crippen LogP contribution < -0.4 is 5.32 Å². The van der Waals surface area contributed by atoms with Gasteiger partial charge in [-0.25, -0.2) is 0 Å². The summed E-state index contributed by atoms with van der Waals surface area (Å²) in [6.45, 7) is 0.700. The lowest BCUT2D eigenvalue weighted by molar-refractivity contribution is 0.853. The maximum absolute atomic E-state index is 6.27. The second kappa shape index (κ2) is 7.94. The predicted octanol–water partition coefficient (Wildman–Crippen LogP) is 6.89. The topological polar surface area (TPSA) is 12.0 Å². The van der Waals surface area contributed by atoms with Crippen molar-refractivity contribution in [3.05, 3.63) is 99.0 Å². The summed E-state index contributed by atoms with van der Waals surface area (Å²) in [7, 11) is 0. The molecule has 4 heteroatoms. The van der Waals surface area contributed by atoms with Gasteiger partial charge in [0.2, 0.25) is 0 Å². The normalized spacial score (nSPS) is 10.8. The van der Waals surface area contributed by atoms with Crippen LogP contribution in [0.25, 0.3) is 0 Å². The van der Waals surface area contributed by atoms with Crippen LogP contribution in [0.2, 0.25) is 15.1 Å². The Balaban J connectivity index is 1.87. The average Bonchev–Trinajstić information content (AvgIpc) is 2.61. The second-order valence-corrected chi connectivity index (χ2v) is 6.72. The highest BCUT2D eigenvalue weighted by Crippen LogP contribution is 2.33. The first-order chi connectivity index (χ1) is 11.6. The Bertz CT molecular complexity index is 764. The maximum Gasteiger partial charge on any atom is 0.0653 e. The Hall–Kier alpha value is -1.67. The van der Waals surface area contributed by atoms with Crippen LogP contribution in [-0.2, 0) is 0 Å². The molecule has 0 aliphatic rings. The van der Waals surface area contributed by atoms with Crippen molar-refractivity contribution in [1.82, 2.24) is 0 Å². The van der Waals surface area contributed by atoms with Gasteiger partial charge in [-0.2, -0.15) is 0 Å². The summed E-state index contributed by atoms with van der Waals surface area (Å²) in [6.07, 6.45) is 0. The summed E-state index contributed by atoms with van der Waals surface area (Å²) in [5.74, 6) is 0.206. The fourth-order valence-electron chi connectivity index (χ4n) is 2.67. The van der Waals surface area contributed by atoms with Crippen molar-refractivity contribution in [3.63, 3.8) is 0 Å². The number of rotatable bonds is 5. The van der Waals surface area contributed by atoms with Crippen LogP contribution in [0.1, 0.15) is 17.0 Å². The van der Waals surface area contributed by atoms with E-state index in [1.165, 1.54) is 11.1 Å². The number of hydrogen-bond acceptors (Lipinski definition) is 1. The Morgan fingerprint density at radius 2 is 1.17 bits per heavy atom. The summed E-state index contributed by atoms with van der Waals surface area (Å²) >= 11 is 18.4. The molecular formula is C20H16Cl3N. The monoisotopic (exact) mass is 375 g/mol. The van der Waals surface area contributed by atoms with E-state index in [0.717, 1.165) is 5.69 Å². The van der Waals surface area contributed by atoms with Crippen LogP contribution in [0.4, 0.5) is 5.69 Å². The zero-order valence-corrected chi connectivity index (χ0v) is 15.1. The van der Waals surface area contributed by atoms with Crippen LogP contribution >= 0.6 is 34.8 Å². The SMILES string of the molecule is Clc1cc(Cl)c(NCC(c2ccccc2)c2ccccc2)cc1Cl. The van der Waals surface area contributed by atoms with E-state index in [2.05, 4.69) is 53.8 Å². The highest BCUT2D eigenvalue weighted by atomic mass is 35.5. The summed E-state index contributed by atoms with van der Waals surface area (Å²) in [6, 6.07) is 24.2. The number of hydrogen-bond donors (Lipinski definition) is 1. The molecule has 0 spiro atoms. The van der Waals surface area contributed by atoms with E-state index in [0.29, 0.717) is 21.6 Å². The van der Waals surface area contributed by atoms with Crippen LogP contribution in [0, 0.1) is 0 Å². The first-order valence-corrected chi connectivity index (χ1v) is 8.77. The van der Waals surface area contributed by atoms with Crippen molar-refractivity contribution in [2.24, 2.45) is 0 Å². The van der Waals surface area contributed by atoms with Crippen molar-refractivity contribution in [2.45, 2.75) is 5.92 Å². The van der Waals surface area contributed by atoms with Gasteiger partial charge in [-0.1, -0.05) is 95.5 Å². The van der Waals surface area contributed by atoms with Crippen LogP contribution in [0.15, 0.2) is 72.8 Å². The first-order valence-electron chi connectivity index (χ1n) is 7.63. The van der Waals surface area contributed by atoms with Crippen molar-refractivity contribution in [1.29, 1.82) is 0 Å². The molecule has 24 heavy (non-hydrogen) atoms. The number of anilines is 1. The second-order valence-electron chi connectivity index (χ2n) is 5.50. The van der Waals surface area contributed by atoms with Gasteiger partial charge in [-0.3, -0.25) is 0 Å². The van der Waals surface area contributed by atoms with Gasteiger partial charge in [0.05, 0.1) is 20.8 Å². The smallest absolute Gasteiger partial charge is 0.0653 e. The summed E-state index contributed by atoms with van der Waals surface area (Å²) < 4.78 is 0. The average molecular weight is 377 g/mol. The highest BCUT2D eigenvalue weighted by molar-refractivity contribution is 6.44. The number of benzene rings is 3. The fourth-order valence-corrected chi connectivity index (χ4v) is 3.28. The number of nitrogens with one attached hydrogen (secondary N) is 1. The standard InChI is InChI=1S/C20H16Cl3N/c21-17-11-19(23)20(12-18(17)22)24-13-16(14-7-3-1-4-8-14)15-9-5-2-6-10-15/h1-12,16,24H,13H2. The van der Waals surface area contributed by atoms with E-state index in [4.69, 9.17) is 34.8 Å². The molecule has 0 aliphatic carbocycles. The lowest BCUT2D eigenvalue weighted by Gasteiger charge is -2.20. The van der Waals surface area contributed by atoms with Gasteiger partial charge in [0.25, 0.3) is 0 Å². The molecule has 0 atom stereocenters. The Labute approximate surface area is 157 Å². The fraction of sp³-hybridized carbons (Fsp3) is 0.100. The Morgan fingerprint density at radius 1 is 0.667 bits per heavy atom. The summed E-state index contributed by atoms with van der Waals surface area (Å²) in [5, 5.41) is 4.90. The Morgan fingerprint density at radius 3 is 1.71 bits per heavy atom. The van der Waals surface area contributed by atoms with Crippen molar-refractivity contribution in [2.75, 3.05) is 11.9 Å². The van der Waals surface area contributed by atoms with Crippen molar-refractivity contribution in [3.8, 4) is 0 Å². The van der Waals surface area contributed by atoms with Gasteiger partial charge in [0.1, 0.15) is 0 Å². The maximum atomic E-state index is 6.27. The van der Waals surface area contributed by atoms with Gasteiger partial charge in [-0.05, 0) is 23.3 Å². The molecule has 0 bridgehead atoms. The Kier molecular flexibility index (Phi) is 5.68. The van der Waals surface area contributed by atoms with E-state index >= 15 is 0 Å². The van der Waals surface area contributed by atoms with Crippen LogP contribution in [-0.4, -0.2) is 6.54 Å². The van der Waals surface area contributed by atoms with E-state index in [1.807, 2.05) is 12.1 Å². The molecule has 3 aromatic carbocycles. The van der Waals surface area contributed by atoms with Gasteiger partial charge in [0.15, 0.2) is 0 Å². The number of halogens is 3. The van der Waals surface area contributed by atoms with E-state index in [1.54, 1.807) is 12.1 Å². The molecule has 1 N–H and O–H groups in total. The molecule has 3 aromatic rings. The third kappa shape index (κ3) is 4.05. The van der Waals surface area contributed by atoms with Gasteiger partial charge in [0, 0.05) is 12.5 Å². The van der Waals surface area contributed by atoms with Gasteiger partial charge < -0.3 is 5.32 Å². The molecule has 0 unspecified atom stereocenters. The van der Waals surface area contributed by atoms with Crippen LogP contribution in [0.3, 0.4) is 0 Å². The molecule has 0 aromatic heterocycles. The molecule has 0 radical (unpaired) electrons. The lowest BCUT2D eigenvalue weighted by Crippen LogP contribution is -2.14. The van der Waals surface area contributed by atoms with E-state index < -0.39 is 0 Å². The molecule has 0 saturated carbocycles. The minimum Gasteiger partial charge on any atom is -0.383 e. The molecule has 0 aliphatic heterocycles. The largest absolute Gasteiger partial charge is 0.383 e. The molecule has 0 heterocycles. The predicted molar refractivity (Wildman–Crippen MR) is 105 cm³/mol. The summed E-state index contributed by atoms with van der Waals surface area (Å²) in [5.41, 5.74) is 3.27. The van der Waals surface area contributed by atoms with Gasteiger partial charge >= 0.3 is 0 Å². The summed E-state index contributed by atoms with van der Waals surface area (Å²) in [4.78, 5) is 0. The molecule has 0 fully saturated rings. The molecule has 3 rings (SSSR count). The third-order valence-corrected chi connectivity index (χ3v) is 4.95. The van der Waals surface area contributed by atoms with Crippen molar-refractivity contribution < 1.29 is 0 Å². The van der Waals surface area contributed by atoms with Crippen LogP contribution in [0.5, 0.6) is 0 Å². The molecule has 0 amide bonds. The third-order valence-electron chi connectivity index (χ3n) is 3.91. The molecule has 1 nitrogen and oxygen atoms in total. The molecule has 122 valence electrons. The first kappa shape index (κ1) is 17.2. The minimum absolute atomic E-state index is 0.206. The van der Waals surface area contributed by atoms with E-state index in [-0.39, 0.29) is 5.92 Å². The molecule has 0 saturated heterocycles. The minimum atomic E-state index is 0.206. The van der Waals surface area contributed by atoms with Gasteiger partial charge in [-0.15, -0.1) is 0 Å². The zero-order valence-electron chi connectivity index (χ0n) is 12.8. The highest BCUT2D eigenvalue weighted by Gasteiger charge is 2.15. The lowest BCUT2D eigenvalue weighted by atomic mass is 9.91. The molecular weight excluding hydrogens is 361 g/mol. The quantitative estimate of drug-likeness (QED) is 0.478. The van der Waals surface area contributed by atoms with E-state index in [9.17, 15) is 0 Å². The van der Waals surface area contributed by atoms with Crippen molar-refractivity contribution >= 4 is 40.5 Å².